The average molecular weight is 355 g/mol. The minimum atomic E-state index is -0.572. The average Bonchev–Trinajstić information content (AvgIpc) is 2.65. The summed E-state index contributed by atoms with van der Waals surface area (Å²) in [4.78, 5) is 23.5. The van der Waals surface area contributed by atoms with Gasteiger partial charge in [0.1, 0.15) is 5.75 Å². The second-order valence-electron chi connectivity index (χ2n) is 6.26. The number of carbonyl (C=O) groups excluding carboxylic acids is 2. The van der Waals surface area contributed by atoms with Gasteiger partial charge in [0.2, 0.25) is 0 Å². The Kier molecular flexibility index (Phi) is 7.68. The minimum absolute atomic E-state index is 0.00483. The van der Waals surface area contributed by atoms with Crippen molar-refractivity contribution in [3.05, 3.63) is 65.7 Å². The van der Waals surface area contributed by atoms with Crippen molar-refractivity contribution >= 4 is 11.9 Å². The van der Waals surface area contributed by atoms with Crippen molar-refractivity contribution in [2.45, 2.75) is 32.7 Å². The van der Waals surface area contributed by atoms with Gasteiger partial charge in [0.15, 0.2) is 13.2 Å². The van der Waals surface area contributed by atoms with Crippen molar-refractivity contribution < 1.29 is 19.1 Å². The minimum Gasteiger partial charge on any atom is -0.482 e. The zero-order valence-electron chi connectivity index (χ0n) is 15.2. The standard InChI is InChI=1S/C21H25NO4/c1-16-8-12-19(13-9-16)25-15-21(24)26-14-20(23)22-17(2)10-11-18-6-4-3-5-7-18/h3-9,12-13,17H,10-11,14-15H2,1-2H3,(H,22,23)/t17-/m1/s1. The Balaban J connectivity index is 1.61. The number of ether oxygens (including phenoxy) is 2. The largest absolute Gasteiger partial charge is 0.482 e. The highest BCUT2D eigenvalue weighted by molar-refractivity contribution is 5.81. The Morgan fingerprint density at radius 3 is 2.38 bits per heavy atom. The molecule has 26 heavy (non-hydrogen) atoms. The van der Waals surface area contributed by atoms with Crippen molar-refractivity contribution in [3.63, 3.8) is 0 Å². The Labute approximate surface area is 154 Å². The van der Waals surface area contributed by atoms with Crippen LogP contribution in [0.15, 0.2) is 54.6 Å². The van der Waals surface area contributed by atoms with E-state index in [1.165, 1.54) is 5.56 Å². The number of amides is 1. The predicted molar refractivity (Wildman–Crippen MR) is 100 cm³/mol. The lowest BCUT2D eigenvalue weighted by molar-refractivity contribution is -0.150. The van der Waals surface area contributed by atoms with E-state index in [1.54, 1.807) is 12.1 Å². The van der Waals surface area contributed by atoms with Crippen LogP contribution < -0.4 is 10.1 Å². The van der Waals surface area contributed by atoms with Crippen LogP contribution in [0.25, 0.3) is 0 Å². The molecular formula is C21H25NO4. The summed E-state index contributed by atoms with van der Waals surface area (Å²) in [5, 5.41) is 2.83. The van der Waals surface area contributed by atoms with E-state index in [-0.39, 0.29) is 25.2 Å². The highest BCUT2D eigenvalue weighted by atomic mass is 16.6. The summed E-state index contributed by atoms with van der Waals surface area (Å²) >= 11 is 0. The maximum atomic E-state index is 11.9. The van der Waals surface area contributed by atoms with Gasteiger partial charge in [0.25, 0.3) is 5.91 Å². The lowest BCUT2D eigenvalue weighted by atomic mass is 10.1. The van der Waals surface area contributed by atoms with Gasteiger partial charge in [0, 0.05) is 6.04 Å². The zero-order valence-corrected chi connectivity index (χ0v) is 15.2. The fourth-order valence-electron chi connectivity index (χ4n) is 2.38. The topological polar surface area (TPSA) is 64.6 Å². The van der Waals surface area contributed by atoms with Crippen LogP contribution in [0.1, 0.15) is 24.5 Å². The summed E-state index contributed by atoms with van der Waals surface area (Å²) in [7, 11) is 0. The summed E-state index contributed by atoms with van der Waals surface area (Å²) in [6.45, 7) is 3.38. The van der Waals surface area contributed by atoms with Gasteiger partial charge in [-0.1, -0.05) is 48.0 Å². The van der Waals surface area contributed by atoms with Crippen molar-refractivity contribution in [1.82, 2.24) is 5.32 Å². The maximum Gasteiger partial charge on any atom is 0.344 e. The van der Waals surface area contributed by atoms with Crippen LogP contribution in [0.5, 0.6) is 5.75 Å². The summed E-state index contributed by atoms with van der Waals surface area (Å²) in [6.07, 6.45) is 1.70. The van der Waals surface area contributed by atoms with Gasteiger partial charge in [-0.05, 0) is 44.4 Å². The highest BCUT2D eigenvalue weighted by Gasteiger charge is 2.11. The smallest absolute Gasteiger partial charge is 0.344 e. The second-order valence-corrected chi connectivity index (χ2v) is 6.26. The fraction of sp³-hybridized carbons (Fsp3) is 0.333. The van der Waals surface area contributed by atoms with Gasteiger partial charge in [0.05, 0.1) is 0 Å². The van der Waals surface area contributed by atoms with Gasteiger partial charge in [-0.15, -0.1) is 0 Å². The molecule has 5 heteroatoms. The normalized spacial score (nSPS) is 11.5. The van der Waals surface area contributed by atoms with Crippen LogP contribution in [0, 0.1) is 6.92 Å². The van der Waals surface area contributed by atoms with Crippen molar-refractivity contribution in [2.75, 3.05) is 13.2 Å². The third-order valence-corrected chi connectivity index (χ3v) is 3.86. The van der Waals surface area contributed by atoms with E-state index in [2.05, 4.69) is 17.4 Å². The lowest BCUT2D eigenvalue weighted by Gasteiger charge is -2.14. The number of carbonyl (C=O) groups is 2. The zero-order chi connectivity index (χ0) is 18.8. The van der Waals surface area contributed by atoms with Gasteiger partial charge >= 0.3 is 5.97 Å². The van der Waals surface area contributed by atoms with Crippen LogP contribution >= 0.6 is 0 Å². The molecule has 2 aromatic rings. The van der Waals surface area contributed by atoms with Crippen molar-refractivity contribution in [2.24, 2.45) is 0 Å². The number of aryl methyl sites for hydroxylation is 2. The quantitative estimate of drug-likeness (QED) is 0.702. The number of benzene rings is 2. The van der Waals surface area contributed by atoms with Gasteiger partial charge in [-0.2, -0.15) is 0 Å². The summed E-state index contributed by atoms with van der Waals surface area (Å²) in [5.74, 6) is -0.293. The van der Waals surface area contributed by atoms with E-state index in [1.807, 2.05) is 44.2 Å². The molecule has 138 valence electrons. The molecule has 1 N–H and O–H groups in total. The fourth-order valence-corrected chi connectivity index (χ4v) is 2.38. The molecule has 0 aliphatic rings. The lowest BCUT2D eigenvalue weighted by Crippen LogP contribution is -2.36. The summed E-state index contributed by atoms with van der Waals surface area (Å²) in [6, 6.07) is 17.4. The van der Waals surface area contributed by atoms with Crippen LogP contribution in [-0.4, -0.2) is 31.1 Å². The first-order valence-electron chi connectivity index (χ1n) is 8.71. The van der Waals surface area contributed by atoms with E-state index in [4.69, 9.17) is 9.47 Å². The molecule has 0 heterocycles. The molecule has 2 aromatic carbocycles. The third kappa shape index (κ3) is 7.38. The molecule has 1 amide bonds. The number of esters is 1. The Bertz CT molecular complexity index is 698. The molecule has 0 unspecified atom stereocenters. The molecule has 0 aliphatic heterocycles. The first kappa shape index (κ1) is 19.5. The van der Waals surface area contributed by atoms with Gasteiger partial charge in [-0.25, -0.2) is 4.79 Å². The summed E-state index contributed by atoms with van der Waals surface area (Å²) in [5.41, 5.74) is 2.34. The van der Waals surface area contributed by atoms with Gasteiger partial charge in [-0.3, -0.25) is 4.79 Å². The molecule has 0 aliphatic carbocycles. The second kappa shape index (κ2) is 10.2. The van der Waals surface area contributed by atoms with Crippen LogP contribution in [0.4, 0.5) is 0 Å². The van der Waals surface area contributed by atoms with Crippen molar-refractivity contribution in [1.29, 1.82) is 0 Å². The van der Waals surface area contributed by atoms with E-state index in [9.17, 15) is 9.59 Å². The van der Waals surface area contributed by atoms with Crippen molar-refractivity contribution in [3.8, 4) is 5.75 Å². The summed E-state index contributed by atoms with van der Waals surface area (Å²) < 4.78 is 10.3. The van der Waals surface area contributed by atoms with E-state index >= 15 is 0 Å². The van der Waals surface area contributed by atoms with Crippen LogP contribution in [-0.2, 0) is 20.7 Å². The first-order chi connectivity index (χ1) is 12.5. The maximum absolute atomic E-state index is 11.9. The van der Waals surface area contributed by atoms with E-state index in [0.717, 1.165) is 18.4 Å². The number of rotatable bonds is 9. The molecule has 1 atom stereocenters. The molecule has 0 radical (unpaired) electrons. The number of nitrogens with one attached hydrogen (secondary N) is 1. The molecule has 0 fully saturated rings. The number of hydrogen-bond donors (Lipinski definition) is 1. The molecular weight excluding hydrogens is 330 g/mol. The number of hydrogen-bond acceptors (Lipinski definition) is 4. The molecule has 0 bridgehead atoms. The van der Waals surface area contributed by atoms with Gasteiger partial charge < -0.3 is 14.8 Å². The molecule has 0 saturated heterocycles. The van der Waals surface area contributed by atoms with E-state index < -0.39 is 5.97 Å². The Morgan fingerprint density at radius 2 is 1.69 bits per heavy atom. The molecule has 2 rings (SSSR count). The highest BCUT2D eigenvalue weighted by Crippen LogP contribution is 2.11. The Morgan fingerprint density at radius 1 is 1.00 bits per heavy atom. The van der Waals surface area contributed by atoms with Crippen LogP contribution in [0.2, 0.25) is 0 Å². The third-order valence-electron chi connectivity index (χ3n) is 3.86. The molecule has 0 aromatic heterocycles. The predicted octanol–water partition coefficient (Wildman–Crippen LogP) is 3.05. The molecule has 5 nitrogen and oxygen atoms in total. The van der Waals surface area contributed by atoms with Crippen LogP contribution in [0.3, 0.4) is 0 Å². The SMILES string of the molecule is Cc1ccc(OCC(=O)OCC(=O)N[C@H](C)CCc2ccccc2)cc1. The Hall–Kier alpha value is -2.82. The van der Waals surface area contributed by atoms with E-state index in [0.29, 0.717) is 5.75 Å². The molecule has 0 saturated carbocycles. The first-order valence-corrected chi connectivity index (χ1v) is 8.71. The monoisotopic (exact) mass is 355 g/mol. The molecule has 0 spiro atoms.